The molecule has 130 valence electrons. The number of nitrogens with two attached hydrogens (primary N) is 1. The minimum absolute atomic E-state index is 0.0783. The number of halogens is 2. The molecule has 2 N–H and O–H groups in total. The van der Waals surface area contributed by atoms with E-state index in [1.165, 1.54) is 29.2 Å². The highest BCUT2D eigenvalue weighted by molar-refractivity contribution is 6.08. The number of primary amides is 1. The van der Waals surface area contributed by atoms with Crippen LogP contribution in [0.4, 0.5) is 14.5 Å². The van der Waals surface area contributed by atoms with E-state index in [0.29, 0.717) is 11.4 Å². The van der Waals surface area contributed by atoms with Gasteiger partial charge in [0.2, 0.25) is 0 Å². The maximum Gasteiger partial charge on any atom is 0.387 e. The Labute approximate surface area is 141 Å². The lowest BCUT2D eigenvalue weighted by Crippen LogP contribution is -2.49. The Bertz CT molecular complexity index is 813. The average molecular weight is 348 g/mol. The first kappa shape index (κ1) is 16.7. The van der Waals surface area contributed by atoms with Crippen LogP contribution < -0.4 is 20.1 Å². The second kappa shape index (κ2) is 6.76. The number of carbonyl (C=O) groups excluding carboxylic acids is 2. The molecule has 0 fully saturated rings. The Morgan fingerprint density at radius 2 is 1.96 bits per heavy atom. The molecule has 0 saturated heterocycles. The molecule has 0 radical (unpaired) electrons. The topological polar surface area (TPSA) is 81.9 Å². The number of nitrogens with zero attached hydrogens (tertiary/aromatic N) is 1. The number of hydrogen-bond acceptors (Lipinski definition) is 4. The maximum atomic E-state index is 12.8. The van der Waals surface area contributed by atoms with Crippen LogP contribution >= 0.6 is 0 Å². The Balaban J connectivity index is 1.94. The van der Waals surface area contributed by atoms with Crippen molar-refractivity contribution in [3.05, 3.63) is 54.1 Å². The zero-order valence-corrected chi connectivity index (χ0v) is 12.9. The molecule has 6 nitrogen and oxygen atoms in total. The third-order valence-corrected chi connectivity index (χ3v) is 3.64. The first-order chi connectivity index (χ1) is 12.0. The van der Waals surface area contributed by atoms with Gasteiger partial charge < -0.3 is 20.1 Å². The number of anilines is 1. The third kappa shape index (κ3) is 3.52. The number of ether oxygens (including phenoxy) is 2. The fourth-order valence-electron chi connectivity index (χ4n) is 2.54. The van der Waals surface area contributed by atoms with E-state index >= 15 is 0 Å². The summed E-state index contributed by atoms with van der Waals surface area (Å²) in [6, 6.07) is 12.1. The fraction of sp³-hybridized carbons (Fsp3) is 0.176. The lowest BCUT2D eigenvalue weighted by Gasteiger charge is -2.33. The van der Waals surface area contributed by atoms with Crippen molar-refractivity contribution in [2.75, 3.05) is 11.4 Å². The molecule has 0 aliphatic carbocycles. The quantitative estimate of drug-likeness (QED) is 0.918. The molecule has 8 heteroatoms. The van der Waals surface area contributed by atoms with Gasteiger partial charge in [-0.25, -0.2) is 0 Å². The molecule has 3 rings (SSSR count). The van der Waals surface area contributed by atoms with Crippen molar-refractivity contribution in [1.82, 2.24) is 0 Å². The molecule has 0 saturated carbocycles. The number of hydrogen-bond donors (Lipinski definition) is 1. The van der Waals surface area contributed by atoms with E-state index in [4.69, 9.17) is 10.5 Å². The SMILES string of the molecule is NC(=O)[C@@H]1CN(C(=O)c2cccc(OC(F)F)c2)c2ccccc2O1. The van der Waals surface area contributed by atoms with Gasteiger partial charge in [0, 0.05) is 5.56 Å². The lowest BCUT2D eigenvalue weighted by molar-refractivity contribution is -0.124. The van der Waals surface area contributed by atoms with Crippen LogP contribution in [0, 0.1) is 0 Å². The highest BCUT2D eigenvalue weighted by Crippen LogP contribution is 2.34. The van der Waals surface area contributed by atoms with Crippen molar-refractivity contribution in [2.24, 2.45) is 5.73 Å². The molecule has 1 atom stereocenters. The van der Waals surface area contributed by atoms with Gasteiger partial charge in [-0.2, -0.15) is 8.78 Å². The van der Waals surface area contributed by atoms with E-state index in [1.807, 2.05) is 0 Å². The summed E-state index contributed by atoms with van der Waals surface area (Å²) in [5.74, 6) is -0.983. The van der Waals surface area contributed by atoms with Crippen LogP contribution in [0.2, 0.25) is 0 Å². The van der Waals surface area contributed by atoms with Crippen molar-refractivity contribution < 1.29 is 27.8 Å². The number of para-hydroxylation sites is 2. The van der Waals surface area contributed by atoms with E-state index in [-0.39, 0.29) is 17.9 Å². The second-order valence-corrected chi connectivity index (χ2v) is 5.30. The summed E-state index contributed by atoms with van der Waals surface area (Å²) in [5, 5.41) is 0. The van der Waals surface area contributed by atoms with Crippen LogP contribution in [0.15, 0.2) is 48.5 Å². The number of rotatable bonds is 4. The van der Waals surface area contributed by atoms with E-state index in [2.05, 4.69) is 4.74 Å². The van der Waals surface area contributed by atoms with Crippen LogP contribution in [0.3, 0.4) is 0 Å². The first-order valence-corrected chi connectivity index (χ1v) is 7.37. The van der Waals surface area contributed by atoms with Crippen molar-refractivity contribution in [3.63, 3.8) is 0 Å². The Morgan fingerprint density at radius 1 is 1.20 bits per heavy atom. The lowest BCUT2D eigenvalue weighted by atomic mass is 10.1. The fourth-order valence-corrected chi connectivity index (χ4v) is 2.54. The standard InChI is InChI=1S/C17H14F2N2O4/c18-17(19)24-11-5-3-4-10(8-11)16(23)21-9-14(15(20)22)25-13-7-2-1-6-12(13)21/h1-8,14,17H,9H2,(H2,20,22)/t14-/m0/s1. The Hall–Kier alpha value is -3.16. The normalized spacial score (nSPS) is 16.1. The van der Waals surface area contributed by atoms with Gasteiger partial charge in [-0.1, -0.05) is 18.2 Å². The molecular weight excluding hydrogens is 334 g/mol. The van der Waals surface area contributed by atoms with Crippen molar-refractivity contribution >= 4 is 17.5 Å². The van der Waals surface area contributed by atoms with Gasteiger partial charge >= 0.3 is 6.61 Å². The summed E-state index contributed by atoms with van der Waals surface area (Å²) in [7, 11) is 0. The minimum Gasteiger partial charge on any atom is -0.477 e. The van der Waals surface area contributed by atoms with Crippen LogP contribution in [-0.4, -0.2) is 31.1 Å². The highest BCUT2D eigenvalue weighted by atomic mass is 19.3. The summed E-state index contributed by atoms with van der Waals surface area (Å²) in [5.41, 5.74) is 5.90. The van der Waals surface area contributed by atoms with E-state index < -0.39 is 24.5 Å². The largest absolute Gasteiger partial charge is 0.477 e. The maximum absolute atomic E-state index is 12.8. The van der Waals surface area contributed by atoms with Gasteiger partial charge in [0.1, 0.15) is 11.5 Å². The summed E-state index contributed by atoms with van der Waals surface area (Å²) < 4.78 is 34.5. The molecule has 0 aromatic heterocycles. The molecule has 2 aromatic rings. The van der Waals surface area contributed by atoms with E-state index in [9.17, 15) is 18.4 Å². The zero-order valence-electron chi connectivity index (χ0n) is 12.9. The average Bonchev–Trinajstić information content (AvgIpc) is 2.59. The molecule has 1 aliphatic heterocycles. The predicted octanol–water partition coefficient (Wildman–Crippen LogP) is 2.18. The van der Waals surface area contributed by atoms with E-state index in [1.54, 1.807) is 24.3 Å². The highest BCUT2D eigenvalue weighted by Gasteiger charge is 2.33. The zero-order chi connectivity index (χ0) is 18.0. The number of carbonyl (C=O) groups is 2. The molecule has 25 heavy (non-hydrogen) atoms. The van der Waals surface area contributed by atoms with Gasteiger partial charge in [0.25, 0.3) is 11.8 Å². The van der Waals surface area contributed by atoms with Gasteiger partial charge in [-0.3, -0.25) is 9.59 Å². The molecular formula is C17H14F2N2O4. The van der Waals surface area contributed by atoms with Crippen LogP contribution in [-0.2, 0) is 4.79 Å². The molecule has 0 bridgehead atoms. The number of fused-ring (bicyclic) bond motifs is 1. The summed E-state index contributed by atoms with van der Waals surface area (Å²) >= 11 is 0. The molecule has 2 amide bonds. The number of amides is 2. The van der Waals surface area contributed by atoms with E-state index in [0.717, 1.165) is 0 Å². The molecule has 0 unspecified atom stereocenters. The number of benzene rings is 2. The number of alkyl halides is 2. The van der Waals surface area contributed by atoms with Crippen molar-refractivity contribution in [3.8, 4) is 11.5 Å². The van der Waals surface area contributed by atoms with Gasteiger partial charge in [-0.15, -0.1) is 0 Å². The summed E-state index contributed by atoms with van der Waals surface area (Å²) in [4.78, 5) is 25.7. The Kier molecular flexibility index (Phi) is 4.51. The molecule has 0 spiro atoms. The molecule has 1 heterocycles. The van der Waals surface area contributed by atoms with Crippen molar-refractivity contribution in [1.29, 1.82) is 0 Å². The first-order valence-electron chi connectivity index (χ1n) is 7.37. The van der Waals surface area contributed by atoms with Gasteiger partial charge in [0.05, 0.1) is 12.2 Å². The second-order valence-electron chi connectivity index (χ2n) is 5.30. The predicted molar refractivity (Wildman–Crippen MR) is 84.8 cm³/mol. The van der Waals surface area contributed by atoms with Crippen LogP contribution in [0.5, 0.6) is 11.5 Å². The van der Waals surface area contributed by atoms with Crippen LogP contribution in [0.1, 0.15) is 10.4 Å². The van der Waals surface area contributed by atoms with Crippen molar-refractivity contribution in [2.45, 2.75) is 12.7 Å². The molecule has 1 aliphatic rings. The summed E-state index contributed by atoms with van der Waals surface area (Å²) in [6.45, 7) is -3.07. The van der Waals surface area contributed by atoms with Gasteiger partial charge in [-0.05, 0) is 30.3 Å². The van der Waals surface area contributed by atoms with Gasteiger partial charge in [0.15, 0.2) is 6.10 Å². The minimum atomic E-state index is -2.99. The third-order valence-electron chi connectivity index (χ3n) is 3.64. The van der Waals surface area contributed by atoms with Crippen LogP contribution in [0.25, 0.3) is 0 Å². The molecule has 2 aromatic carbocycles. The summed E-state index contributed by atoms with van der Waals surface area (Å²) in [6.07, 6.45) is -1.00. The smallest absolute Gasteiger partial charge is 0.387 e. The monoisotopic (exact) mass is 348 g/mol. The Morgan fingerprint density at radius 3 is 2.68 bits per heavy atom.